The maximum Gasteiger partial charge on any atom is 0.233 e. The highest BCUT2D eigenvalue weighted by Gasteiger charge is 1.93. The van der Waals surface area contributed by atoms with Crippen molar-refractivity contribution in [3.8, 4) is 0 Å². The minimum Gasteiger partial charge on any atom is -0.290 e. The zero-order valence-electron chi connectivity index (χ0n) is 5.27. The molecule has 0 bridgehead atoms. The average Bonchev–Trinajstić information content (AvgIpc) is 2.31. The summed E-state index contributed by atoms with van der Waals surface area (Å²) >= 11 is 1.36. The van der Waals surface area contributed by atoms with Gasteiger partial charge in [0.25, 0.3) is 0 Å². The molecule has 0 radical (unpaired) electrons. The van der Waals surface area contributed by atoms with Crippen LogP contribution in [0.5, 0.6) is 0 Å². The van der Waals surface area contributed by atoms with E-state index in [0.717, 1.165) is 11.3 Å². The second-order valence-corrected chi connectivity index (χ2v) is 2.65. The van der Waals surface area contributed by atoms with Crippen LogP contribution in [-0.4, -0.2) is 21.7 Å². The van der Waals surface area contributed by atoms with E-state index in [1.54, 1.807) is 5.48 Å². The van der Waals surface area contributed by atoms with Gasteiger partial charge in [0.15, 0.2) is 0 Å². The molecule has 5 nitrogen and oxygen atoms in total. The van der Waals surface area contributed by atoms with Gasteiger partial charge in [0.05, 0.1) is 0 Å². The summed E-state index contributed by atoms with van der Waals surface area (Å²) in [6, 6.07) is 0. The monoisotopic (exact) mass is 158 g/mol. The molecule has 0 amide bonds. The van der Waals surface area contributed by atoms with Gasteiger partial charge in [-0.3, -0.25) is 10.7 Å². The van der Waals surface area contributed by atoms with E-state index in [2.05, 4.69) is 15.2 Å². The van der Waals surface area contributed by atoms with Gasteiger partial charge in [0, 0.05) is 0 Å². The van der Waals surface area contributed by atoms with E-state index in [0.29, 0.717) is 5.13 Å². The van der Waals surface area contributed by atoms with Gasteiger partial charge in [-0.15, -0.1) is 10.2 Å². The molecule has 1 aromatic heterocycles. The molecular formula is C4H6N4OS. The average molecular weight is 158 g/mol. The zero-order valence-corrected chi connectivity index (χ0v) is 6.09. The molecule has 1 heterocycles. The lowest BCUT2D eigenvalue weighted by Crippen LogP contribution is -2.00. The van der Waals surface area contributed by atoms with E-state index in [-0.39, 0.29) is 0 Å². The molecule has 10 heavy (non-hydrogen) atoms. The predicted molar refractivity (Wildman–Crippen MR) is 37.7 cm³/mol. The largest absolute Gasteiger partial charge is 0.290 e. The normalized spacial score (nSPS) is 10.6. The summed E-state index contributed by atoms with van der Waals surface area (Å²) in [6.07, 6.45) is 1.14. The van der Waals surface area contributed by atoms with Gasteiger partial charge in [0.1, 0.15) is 11.3 Å². The van der Waals surface area contributed by atoms with Crippen molar-refractivity contribution in [1.29, 1.82) is 0 Å². The minimum atomic E-state index is 0.527. The van der Waals surface area contributed by atoms with Crippen LogP contribution in [0.4, 0.5) is 5.13 Å². The molecule has 0 saturated carbocycles. The molecule has 0 atom stereocenters. The third-order valence-corrected chi connectivity index (χ3v) is 1.49. The number of aromatic nitrogens is 2. The van der Waals surface area contributed by atoms with Crippen molar-refractivity contribution >= 4 is 22.8 Å². The van der Waals surface area contributed by atoms with Crippen molar-refractivity contribution in [2.24, 2.45) is 4.99 Å². The topological polar surface area (TPSA) is 70.4 Å². The predicted octanol–water partition coefficient (Wildman–Crippen LogP) is 0.485. The smallest absolute Gasteiger partial charge is 0.233 e. The molecule has 1 rings (SSSR count). The van der Waals surface area contributed by atoms with Gasteiger partial charge in [-0.1, -0.05) is 11.3 Å². The Kier molecular flexibility index (Phi) is 2.30. The first-order valence-electron chi connectivity index (χ1n) is 2.55. The van der Waals surface area contributed by atoms with Gasteiger partial charge in [-0.05, 0) is 6.92 Å². The van der Waals surface area contributed by atoms with Crippen molar-refractivity contribution in [1.82, 2.24) is 15.7 Å². The molecule has 0 spiro atoms. The Labute approximate surface area is 61.4 Å². The number of hydrogen-bond acceptors (Lipinski definition) is 5. The number of nitrogens with one attached hydrogen (secondary N) is 1. The highest BCUT2D eigenvalue weighted by atomic mass is 32.1. The summed E-state index contributed by atoms with van der Waals surface area (Å²) in [5, 5.41) is 16.9. The van der Waals surface area contributed by atoms with Gasteiger partial charge in [-0.25, -0.2) is 4.99 Å². The third-order valence-electron chi connectivity index (χ3n) is 0.748. The lowest BCUT2D eigenvalue weighted by atomic mass is 10.9. The molecule has 0 unspecified atom stereocenters. The molecule has 54 valence electrons. The molecule has 0 aliphatic heterocycles. The molecule has 0 aliphatic carbocycles. The molecule has 0 aromatic carbocycles. The van der Waals surface area contributed by atoms with Crippen LogP contribution < -0.4 is 5.48 Å². The van der Waals surface area contributed by atoms with Crippen LogP contribution in [-0.2, 0) is 0 Å². The molecule has 2 N–H and O–H groups in total. The van der Waals surface area contributed by atoms with Crippen LogP contribution in [0.25, 0.3) is 0 Å². The van der Waals surface area contributed by atoms with Crippen LogP contribution in [0.2, 0.25) is 0 Å². The van der Waals surface area contributed by atoms with E-state index in [1.165, 1.54) is 11.3 Å². The fraction of sp³-hybridized carbons (Fsp3) is 0.250. The number of nitrogens with zero attached hydrogens (tertiary/aromatic N) is 3. The molecule has 0 fully saturated rings. The van der Waals surface area contributed by atoms with Crippen LogP contribution in [0, 0.1) is 6.92 Å². The van der Waals surface area contributed by atoms with Crippen LogP contribution in [0.3, 0.4) is 0 Å². The summed E-state index contributed by atoms with van der Waals surface area (Å²) < 4.78 is 0. The Hall–Kier alpha value is -1.01. The molecule has 1 aromatic rings. The number of aliphatic imine (C=N–C) groups is 1. The number of aryl methyl sites for hydroxylation is 1. The van der Waals surface area contributed by atoms with E-state index in [1.807, 2.05) is 6.92 Å². The van der Waals surface area contributed by atoms with Crippen molar-refractivity contribution < 1.29 is 5.21 Å². The lowest BCUT2D eigenvalue weighted by molar-refractivity contribution is 0.240. The number of rotatable bonds is 2. The van der Waals surface area contributed by atoms with E-state index in [4.69, 9.17) is 5.21 Å². The second kappa shape index (κ2) is 3.23. The van der Waals surface area contributed by atoms with E-state index in [9.17, 15) is 0 Å². The van der Waals surface area contributed by atoms with Gasteiger partial charge < -0.3 is 0 Å². The molecular weight excluding hydrogens is 152 g/mol. The molecule has 6 heteroatoms. The highest BCUT2D eigenvalue weighted by molar-refractivity contribution is 7.14. The maximum absolute atomic E-state index is 8.09. The minimum absolute atomic E-state index is 0.527. The van der Waals surface area contributed by atoms with Crippen LogP contribution in [0.15, 0.2) is 4.99 Å². The van der Waals surface area contributed by atoms with E-state index >= 15 is 0 Å². The Morgan fingerprint density at radius 3 is 3.00 bits per heavy atom. The van der Waals surface area contributed by atoms with Crippen molar-refractivity contribution in [2.45, 2.75) is 6.92 Å². The van der Waals surface area contributed by atoms with Gasteiger partial charge in [-0.2, -0.15) is 0 Å². The third kappa shape index (κ3) is 1.74. The summed E-state index contributed by atoms with van der Waals surface area (Å²) in [5.74, 6) is 0. The first-order valence-corrected chi connectivity index (χ1v) is 3.37. The standard InChI is InChI=1S/C4H6N4OS/c1-3-7-8-4(10-3)5-2-6-9/h2,9H,1H3,(H,5,6,8). The van der Waals surface area contributed by atoms with Gasteiger partial charge >= 0.3 is 0 Å². The SMILES string of the molecule is Cc1nnc(N=CNO)s1. The Bertz CT molecular complexity index is 233. The Balaban J connectivity index is 2.67. The zero-order chi connectivity index (χ0) is 7.40. The van der Waals surface area contributed by atoms with Crippen molar-refractivity contribution in [2.75, 3.05) is 0 Å². The summed E-state index contributed by atoms with van der Waals surface area (Å²) in [5.41, 5.74) is 1.77. The first kappa shape index (κ1) is 7.10. The fourth-order valence-corrected chi connectivity index (χ4v) is 0.955. The molecule has 0 saturated heterocycles. The Morgan fingerprint density at radius 2 is 2.50 bits per heavy atom. The second-order valence-electron chi connectivity index (χ2n) is 1.49. The maximum atomic E-state index is 8.09. The quantitative estimate of drug-likeness (QED) is 0.373. The van der Waals surface area contributed by atoms with Crippen molar-refractivity contribution in [3.63, 3.8) is 0 Å². The fourth-order valence-electron chi connectivity index (χ4n) is 0.422. The summed E-state index contributed by atoms with van der Waals surface area (Å²) in [4.78, 5) is 3.70. The first-order chi connectivity index (χ1) is 4.83. The number of hydroxylamine groups is 1. The van der Waals surface area contributed by atoms with Crippen LogP contribution in [0.1, 0.15) is 5.01 Å². The lowest BCUT2D eigenvalue weighted by Gasteiger charge is -1.79. The molecule has 0 aliphatic rings. The summed E-state index contributed by atoms with van der Waals surface area (Å²) in [6.45, 7) is 1.84. The van der Waals surface area contributed by atoms with Crippen LogP contribution >= 0.6 is 11.3 Å². The highest BCUT2D eigenvalue weighted by Crippen LogP contribution is 2.15. The Morgan fingerprint density at radius 1 is 1.70 bits per heavy atom. The number of hydrogen-bond donors (Lipinski definition) is 2. The van der Waals surface area contributed by atoms with Crippen molar-refractivity contribution in [3.05, 3.63) is 5.01 Å². The summed E-state index contributed by atoms with van der Waals surface area (Å²) in [7, 11) is 0. The van der Waals surface area contributed by atoms with Gasteiger partial charge in [0.2, 0.25) is 5.13 Å². The van der Waals surface area contributed by atoms with E-state index < -0.39 is 0 Å².